The van der Waals surface area contributed by atoms with Crippen molar-refractivity contribution in [2.45, 2.75) is 19.5 Å². The molecule has 0 bridgehead atoms. The topological polar surface area (TPSA) is 100.0 Å². The van der Waals surface area contributed by atoms with E-state index in [4.69, 9.17) is 4.74 Å². The highest BCUT2D eigenvalue weighted by atomic mass is 16.5. The molecule has 2 N–H and O–H groups in total. The van der Waals surface area contributed by atoms with Crippen LogP contribution in [0, 0.1) is 0 Å². The van der Waals surface area contributed by atoms with Gasteiger partial charge in [-0.1, -0.05) is 24.3 Å². The predicted octanol–water partition coefficient (Wildman–Crippen LogP) is 3.81. The van der Waals surface area contributed by atoms with Crippen LogP contribution in [-0.2, 0) is 16.1 Å². The number of nitrogens with zero attached hydrogens (tertiary/aromatic N) is 2. The molecule has 7 nitrogen and oxygen atoms in total. The number of carbonyl (C=O) groups is 2. The Bertz CT molecular complexity index is 1190. The van der Waals surface area contributed by atoms with E-state index in [1.807, 2.05) is 6.92 Å². The Morgan fingerprint density at radius 2 is 1.81 bits per heavy atom. The number of phenols is 1. The first-order valence-corrected chi connectivity index (χ1v) is 10.2. The molecule has 2 heterocycles. The molecule has 1 unspecified atom stereocenters. The van der Waals surface area contributed by atoms with E-state index in [1.54, 1.807) is 60.9 Å². The summed E-state index contributed by atoms with van der Waals surface area (Å²) in [5, 5.41) is 21.2. The average molecular weight is 430 g/mol. The number of amides is 1. The molecule has 1 saturated heterocycles. The Morgan fingerprint density at radius 3 is 2.53 bits per heavy atom. The van der Waals surface area contributed by atoms with Crippen molar-refractivity contribution in [3.63, 3.8) is 0 Å². The quantitative estimate of drug-likeness (QED) is 0.350. The number of hydrogen-bond acceptors (Lipinski definition) is 6. The van der Waals surface area contributed by atoms with Gasteiger partial charge in [0, 0.05) is 24.5 Å². The average Bonchev–Trinajstić information content (AvgIpc) is 3.05. The molecular formula is C25H22N2O5. The van der Waals surface area contributed by atoms with E-state index in [0.29, 0.717) is 23.5 Å². The number of Topliss-reactive ketones (excluding diaryl/α,β-unsaturated/α-hetero) is 1. The molecule has 4 rings (SSSR count). The molecule has 162 valence electrons. The first-order chi connectivity index (χ1) is 15.5. The molecule has 3 aromatic rings. The summed E-state index contributed by atoms with van der Waals surface area (Å²) in [5.74, 6) is -1.27. The van der Waals surface area contributed by atoms with Crippen LogP contribution in [0.3, 0.4) is 0 Å². The summed E-state index contributed by atoms with van der Waals surface area (Å²) in [6.07, 6.45) is 3.21. The zero-order valence-electron chi connectivity index (χ0n) is 17.4. The number of ether oxygens (including phenoxy) is 1. The monoisotopic (exact) mass is 430 g/mol. The minimum atomic E-state index is -0.869. The van der Waals surface area contributed by atoms with Crippen molar-refractivity contribution in [2.24, 2.45) is 0 Å². The van der Waals surface area contributed by atoms with E-state index >= 15 is 0 Å². The maximum absolute atomic E-state index is 13.1. The van der Waals surface area contributed by atoms with E-state index in [1.165, 1.54) is 17.0 Å². The van der Waals surface area contributed by atoms with Crippen LogP contribution in [0.25, 0.3) is 5.76 Å². The maximum atomic E-state index is 13.1. The summed E-state index contributed by atoms with van der Waals surface area (Å²) in [5.41, 5.74) is 1.62. The van der Waals surface area contributed by atoms with Gasteiger partial charge in [-0.05, 0) is 54.4 Å². The van der Waals surface area contributed by atoms with E-state index in [2.05, 4.69) is 4.98 Å². The molecule has 2 aromatic carbocycles. The summed E-state index contributed by atoms with van der Waals surface area (Å²) < 4.78 is 5.50. The summed E-state index contributed by atoms with van der Waals surface area (Å²) in [7, 11) is 0. The number of aliphatic hydroxyl groups is 1. The third-order valence-electron chi connectivity index (χ3n) is 5.25. The Morgan fingerprint density at radius 1 is 1.06 bits per heavy atom. The number of carbonyl (C=O) groups excluding carboxylic acids is 2. The third kappa shape index (κ3) is 4.05. The van der Waals surface area contributed by atoms with E-state index < -0.39 is 17.7 Å². The Balaban J connectivity index is 1.85. The van der Waals surface area contributed by atoms with Crippen molar-refractivity contribution in [1.82, 2.24) is 9.88 Å². The van der Waals surface area contributed by atoms with Crippen molar-refractivity contribution in [3.05, 3.63) is 95.3 Å². The van der Waals surface area contributed by atoms with Crippen molar-refractivity contribution < 1.29 is 24.5 Å². The van der Waals surface area contributed by atoms with E-state index in [0.717, 1.165) is 5.56 Å². The molecule has 1 atom stereocenters. The van der Waals surface area contributed by atoms with Gasteiger partial charge in [0.05, 0.1) is 18.2 Å². The number of aromatic nitrogens is 1. The number of phenolic OH excluding ortho intramolecular Hbond substituents is 1. The van der Waals surface area contributed by atoms with Gasteiger partial charge in [-0.3, -0.25) is 14.6 Å². The van der Waals surface area contributed by atoms with Gasteiger partial charge >= 0.3 is 0 Å². The fourth-order valence-corrected chi connectivity index (χ4v) is 3.82. The highest BCUT2D eigenvalue weighted by Crippen LogP contribution is 2.41. The van der Waals surface area contributed by atoms with Gasteiger partial charge in [-0.2, -0.15) is 0 Å². The molecule has 0 aliphatic carbocycles. The fraction of sp³-hybridized carbons (Fsp3) is 0.160. The normalized spacial score (nSPS) is 17.5. The molecular weight excluding hydrogens is 408 g/mol. The van der Waals surface area contributed by atoms with Gasteiger partial charge in [0.2, 0.25) is 0 Å². The zero-order chi connectivity index (χ0) is 22.7. The van der Waals surface area contributed by atoms with Crippen LogP contribution in [0.15, 0.2) is 78.6 Å². The number of benzene rings is 2. The minimum Gasteiger partial charge on any atom is -0.508 e. The molecule has 0 spiro atoms. The van der Waals surface area contributed by atoms with Crippen molar-refractivity contribution in [2.75, 3.05) is 6.61 Å². The standard InChI is InChI=1S/C25H22N2O5/c1-2-32-20-8-4-6-18(14-20)23(29)21-22(17-5-3-7-19(28)13-17)27(25(31)24(21)30)15-16-9-11-26-12-10-16/h3-14,22,28-29H,2,15H2,1H3/b23-21-. The lowest BCUT2D eigenvalue weighted by Crippen LogP contribution is -2.29. The van der Waals surface area contributed by atoms with Gasteiger partial charge in [-0.15, -0.1) is 0 Å². The van der Waals surface area contributed by atoms with Crippen LogP contribution in [0.4, 0.5) is 0 Å². The molecule has 1 fully saturated rings. The number of rotatable bonds is 6. The summed E-state index contributed by atoms with van der Waals surface area (Å²) >= 11 is 0. The third-order valence-corrected chi connectivity index (χ3v) is 5.25. The largest absolute Gasteiger partial charge is 0.508 e. The fourth-order valence-electron chi connectivity index (χ4n) is 3.82. The first kappa shape index (κ1) is 21.1. The molecule has 32 heavy (non-hydrogen) atoms. The van der Waals surface area contributed by atoms with Gasteiger partial charge in [-0.25, -0.2) is 0 Å². The molecule has 1 amide bonds. The summed E-state index contributed by atoms with van der Waals surface area (Å²) in [4.78, 5) is 31.5. The molecule has 1 aromatic heterocycles. The van der Waals surface area contributed by atoms with Gasteiger partial charge in [0.25, 0.3) is 11.7 Å². The molecule has 0 radical (unpaired) electrons. The maximum Gasteiger partial charge on any atom is 0.295 e. The second-order valence-corrected chi connectivity index (χ2v) is 7.34. The summed E-state index contributed by atoms with van der Waals surface area (Å²) in [6.45, 7) is 2.44. The van der Waals surface area contributed by atoms with Crippen LogP contribution in [0.5, 0.6) is 11.5 Å². The van der Waals surface area contributed by atoms with Crippen LogP contribution >= 0.6 is 0 Å². The second-order valence-electron chi connectivity index (χ2n) is 7.34. The Hall–Kier alpha value is -4.13. The Labute approximate surface area is 185 Å². The number of ketones is 1. The van der Waals surface area contributed by atoms with Crippen molar-refractivity contribution in [1.29, 1.82) is 0 Å². The van der Waals surface area contributed by atoms with Gasteiger partial charge < -0.3 is 19.8 Å². The van der Waals surface area contributed by atoms with Crippen LogP contribution < -0.4 is 4.74 Å². The second kappa shape index (κ2) is 8.93. The smallest absolute Gasteiger partial charge is 0.295 e. The van der Waals surface area contributed by atoms with E-state index in [-0.39, 0.29) is 23.6 Å². The predicted molar refractivity (Wildman–Crippen MR) is 118 cm³/mol. The highest BCUT2D eigenvalue weighted by molar-refractivity contribution is 6.46. The highest BCUT2D eigenvalue weighted by Gasteiger charge is 2.46. The van der Waals surface area contributed by atoms with E-state index in [9.17, 15) is 19.8 Å². The number of aliphatic hydroxyl groups excluding tert-OH is 1. The SMILES string of the molecule is CCOc1cccc(/C(O)=C2/C(=O)C(=O)N(Cc3ccncc3)C2c2cccc(O)c2)c1. The lowest BCUT2D eigenvalue weighted by molar-refractivity contribution is -0.140. The van der Waals surface area contributed by atoms with Crippen molar-refractivity contribution in [3.8, 4) is 11.5 Å². The first-order valence-electron chi connectivity index (χ1n) is 10.2. The number of pyridine rings is 1. The zero-order valence-corrected chi connectivity index (χ0v) is 17.4. The number of hydrogen-bond donors (Lipinski definition) is 2. The number of likely N-dealkylation sites (tertiary alicyclic amines) is 1. The lowest BCUT2D eigenvalue weighted by atomic mass is 9.95. The molecule has 1 aliphatic rings. The lowest BCUT2D eigenvalue weighted by Gasteiger charge is -2.25. The summed E-state index contributed by atoms with van der Waals surface area (Å²) in [6, 6.07) is 15.7. The van der Waals surface area contributed by atoms with Crippen LogP contribution in [-0.4, -0.2) is 38.4 Å². The molecule has 1 aliphatic heterocycles. The van der Waals surface area contributed by atoms with Crippen LogP contribution in [0.2, 0.25) is 0 Å². The molecule has 7 heteroatoms. The minimum absolute atomic E-state index is 0.00431. The Kier molecular flexibility index (Phi) is 5.89. The van der Waals surface area contributed by atoms with Gasteiger partial charge in [0.1, 0.15) is 17.3 Å². The van der Waals surface area contributed by atoms with Gasteiger partial charge in [0.15, 0.2) is 0 Å². The van der Waals surface area contributed by atoms with Crippen LogP contribution in [0.1, 0.15) is 29.7 Å². The van der Waals surface area contributed by atoms with Crippen molar-refractivity contribution >= 4 is 17.4 Å². The number of aromatic hydroxyl groups is 1. The molecule has 0 saturated carbocycles.